The van der Waals surface area contributed by atoms with Gasteiger partial charge < -0.3 is 15.4 Å². The fourth-order valence-electron chi connectivity index (χ4n) is 3.03. The van der Waals surface area contributed by atoms with Crippen LogP contribution in [0, 0.1) is 5.82 Å². The lowest BCUT2D eigenvalue weighted by molar-refractivity contribution is -0.0506. The lowest BCUT2D eigenvalue weighted by Crippen LogP contribution is -2.37. The fourth-order valence-corrected chi connectivity index (χ4v) is 3.03. The number of ether oxygens (including phenoxy) is 1. The Labute approximate surface area is 178 Å². The zero-order valence-electron chi connectivity index (χ0n) is 17.1. The van der Waals surface area contributed by atoms with Crippen LogP contribution in [-0.4, -0.2) is 28.9 Å². The summed E-state index contributed by atoms with van der Waals surface area (Å²) in [5.74, 6) is -0.406. The summed E-state index contributed by atoms with van der Waals surface area (Å²) in [6.45, 7) is 0.385. The molecule has 0 radical (unpaired) electrons. The molecule has 0 unspecified atom stereocenters. The molecule has 0 aliphatic carbocycles. The van der Waals surface area contributed by atoms with Crippen LogP contribution >= 0.6 is 0 Å². The number of benzene rings is 2. The van der Waals surface area contributed by atoms with Crippen molar-refractivity contribution in [2.45, 2.75) is 33.2 Å². The molecule has 2 aromatic carbocycles. The van der Waals surface area contributed by atoms with Crippen molar-refractivity contribution in [1.29, 1.82) is 0 Å². The highest BCUT2D eigenvalue weighted by Gasteiger charge is 2.14. The molecule has 1 heterocycles. The largest absolute Gasteiger partial charge is 0.434 e. The van der Waals surface area contributed by atoms with E-state index in [1.165, 1.54) is 18.2 Å². The van der Waals surface area contributed by atoms with E-state index in [-0.39, 0.29) is 17.9 Å². The minimum atomic E-state index is -3.03. The molecule has 0 aliphatic heterocycles. The number of nitrogens with zero attached hydrogens (tertiary/aromatic N) is 3. The van der Waals surface area contributed by atoms with E-state index in [2.05, 4.69) is 25.5 Å². The van der Waals surface area contributed by atoms with Crippen LogP contribution in [0.1, 0.15) is 23.6 Å². The molecule has 164 valence electrons. The molecule has 0 amide bonds. The average molecular weight is 431 g/mol. The van der Waals surface area contributed by atoms with Crippen molar-refractivity contribution >= 4 is 5.96 Å². The molecular formula is C22H24F3N5O. The Morgan fingerprint density at radius 2 is 1.90 bits per heavy atom. The summed E-state index contributed by atoms with van der Waals surface area (Å²) >= 11 is 0. The van der Waals surface area contributed by atoms with Crippen LogP contribution in [0.15, 0.2) is 65.9 Å². The van der Waals surface area contributed by atoms with Crippen LogP contribution in [-0.2, 0) is 19.6 Å². The molecule has 6 nitrogen and oxygen atoms in total. The monoisotopic (exact) mass is 431 g/mol. The van der Waals surface area contributed by atoms with Crippen LogP contribution in [0.5, 0.6) is 5.75 Å². The van der Waals surface area contributed by atoms with E-state index in [0.717, 1.165) is 11.1 Å². The van der Waals surface area contributed by atoms with E-state index in [0.29, 0.717) is 25.6 Å². The van der Waals surface area contributed by atoms with Crippen LogP contribution in [0.2, 0.25) is 0 Å². The third-order valence-corrected chi connectivity index (χ3v) is 4.49. The molecule has 31 heavy (non-hydrogen) atoms. The van der Waals surface area contributed by atoms with Crippen LogP contribution in [0.4, 0.5) is 13.2 Å². The standard InChI is InChI=1S/C22H24F3N5O/c1-2-26-22(28-14-18-19(23)9-5-10-20(18)31-21(24)25)27-13-16-7-3-4-8-17(16)15-30-12-6-11-29-30/h3-12,21H,2,13-15H2,1H3,(H2,26,27,28). The number of rotatable bonds is 9. The number of halogens is 3. The maximum Gasteiger partial charge on any atom is 0.387 e. The van der Waals surface area contributed by atoms with Crippen molar-refractivity contribution < 1.29 is 17.9 Å². The van der Waals surface area contributed by atoms with Gasteiger partial charge in [0, 0.05) is 31.0 Å². The van der Waals surface area contributed by atoms with Gasteiger partial charge >= 0.3 is 6.61 Å². The SMILES string of the molecule is CCNC(=NCc1ccccc1Cn1cccn1)NCc1c(F)cccc1OC(F)F. The predicted molar refractivity (Wildman–Crippen MR) is 112 cm³/mol. The third kappa shape index (κ3) is 6.50. The summed E-state index contributed by atoms with van der Waals surface area (Å²) in [6.07, 6.45) is 3.61. The highest BCUT2D eigenvalue weighted by molar-refractivity contribution is 5.79. The normalized spacial score (nSPS) is 11.6. The molecule has 0 saturated carbocycles. The summed E-state index contributed by atoms with van der Waals surface area (Å²) in [5.41, 5.74) is 2.10. The third-order valence-electron chi connectivity index (χ3n) is 4.49. The lowest BCUT2D eigenvalue weighted by atomic mass is 10.1. The Hall–Kier alpha value is -3.49. The van der Waals surface area contributed by atoms with Gasteiger partial charge in [0.25, 0.3) is 0 Å². The first-order chi connectivity index (χ1) is 15.1. The molecule has 2 N–H and O–H groups in total. The summed E-state index contributed by atoms with van der Waals surface area (Å²) in [5, 5.41) is 10.3. The first kappa shape index (κ1) is 22.2. The number of nitrogens with one attached hydrogen (secondary N) is 2. The minimum absolute atomic E-state index is 0.00693. The number of hydrogen-bond donors (Lipinski definition) is 2. The van der Waals surface area contributed by atoms with Gasteiger partial charge in [-0.1, -0.05) is 30.3 Å². The van der Waals surface area contributed by atoms with E-state index < -0.39 is 12.4 Å². The summed E-state index contributed by atoms with van der Waals surface area (Å²) < 4.78 is 45.7. The van der Waals surface area contributed by atoms with E-state index in [9.17, 15) is 13.2 Å². The molecule has 3 aromatic rings. The second kappa shape index (κ2) is 11.1. The Morgan fingerprint density at radius 3 is 2.61 bits per heavy atom. The first-order valence-corrected chi connectivity index (χ1v) is 9.85. The van der Waals surface area contributed by atoms with Gasteiger partial charge in [0.1, 0.15) is 11.6 Å². The molecule has 0 spiro atoms. The second-order valence-corrected chi connectivity index (χ2v) is 6.62. The van der Waals surface area contributed by atoms with Crippen molar-refractivity contribution in [3.8, 4) is 5.75 Å². The predicted octanol–water partition coefficient (Wildman–Crippen LogP) is 3.93. The van der Waals surface area contributed by atoms with E-state index >= 15 is 0 Å². The fraction of sp³-hybridized carbons (Fsp3) is 0.273. The summed E-state index contributed by atoms with van der Waals surface area (Å²) in [4.78, 5) is 4.56. The van der Waals surface area contributed by atoms with Crippen molar-refractivity contribution in [2.24, 2.45) is 4.99 Å². The quantitative estimate of drug-likeness (QED) is 0.398. The van der Waals surface area contributed by atoms with Crippen molar-refractivity contribution in [3.05, 3.63) is 83.4 Å². The molecule has 9 heteroatoms. The van der Waals surface area contributed by atoms with Gasteiger partial charge in [-0.05, 0) is 36.2 Å². The van der Waals surface area contributed by atoms with Gasteiger partial charge in [-0.2, -0.15) is 13.9 Å². The highest BCUT2D eigenvalue weighted by atomic mass is 19.3. The molecule has 0 atom stereocenters. The van der Waals surface area contributed by atoms with Crippen LogP contribution in [0.3, 0.4) is 0 Å². The Bertz CT molecular complexity index is 993. The summed E-state index contributed by atoms with van der Waals surface area (Å²) in [6, 6.07) is 13.6. The Kier molecular flexibility index (Phi) is 7.91. The van der Waals surface area contributed by atoms with Crippen molar-refractivity contribution in [1.82, 2.24) is 20.4 Å². The van der Waals surface area contributed by atoms with Gasteiger partial charge in [0.2, 0.25) is 0 Å². The molecule has 0 bridgehead atoms. The van der Waals surface area contributed by atoms with Crippen LogP contribution < -0.4 is 15.4 Å². The second-order valence-electron chi connectivity index (χ2n) is 6.62. The zero-order valence-corrected chi connectivity index (χ0v) is 17.1. The highest BCUT2D eigenvalue weighted by Crippen LogP contribution is 2.23. The number of aromatic nitrogens is 2. The van der Waals surface area contributed by atoms with Gasteiger partial charge in [-0.3, -0.25) is 4.68 Å². The topological polar surface area (TPSA) is 63.5 Å². The Balaban J connectivity index is 1.72. The van der Waals surface area contributed by atoms with Crippen LogP contribution in [0.25, 0.3) is 0 Å². The molecule has 0 fully saturated rings. The number of alkyl halides is 2. The number of hydrogen-bond acceptors (Lipinski definition) is 3. The van der Waals surface area contributed by atoms with Gasteiger partial charge in [0.15, 0.2) is 5.96 Å². The van der Waals surface area contributed by atoms with Gasteiger partial charge in [-0.15, -0.1) is 0 Å². The van der Waals surface area contributed by atoms with Crippen molar-refractivity contribution in [3.63, 3.8) is 0 Å². The molecule has 1 aromatic heterocycles. The minimum Gasteiger partial charge on any atom is -0.434 e. The molecule has 3 rings (SSSR count). The van der Waals surface area contributed by atoms with E-state index in [1.54, 1.807) is 6.20 Å². The zero-order chi connectivity index (χ0) is 22.1. The van der Waals surface area contributed by atoms with E-state index in [4.69, 9.17) is 0 Å². The van der Waals surface area contributed by atoms with Gasteiger partial charge in [-0.25, -0.2) is 9.38 Å². The van der Waals surface area contributed by atoms with E-state index in [1.807, 2.05) is 48.1 Å². The molecular weight excluding hydrogens is 407 g/mol. The smallest absolute Gasteiger partial charge is 0.387 e. The summed E-state index contributed by atoms with van der Waals surface area (Å²) in [7, 11) is 0. The lowest BCUT2D eigenvalue weighted by Gasteiger charge is -2.15. The van der Waals surface area contributed by atoms with Gasteiger partial charge in [0.05, 0.1) is 13.1 Å². The average Bonchev–Trinajstić information content (AvgIpc) is 3.25. The molecule has 0 aliphatic rings. The Morgan fingerprint density at radius 1 is 1.10 bits per heavy atom. The number of aliphatic imine (C=N–C) groups is 1. The maximum atomic E-state index is 14.2. The first-order valence-electron chi connectivity index (χ1n) is 9.85. The molecule has 0 saturated heterocycles. The number of guanidine groups is 1. The maximum absolute atomic E-state index is 14.2. The van der Waals surface area contributed by atoms with Crippen molar-refractivity contribution in [2.75, 3.05) is 6.54 Å².